The van der Waals surface area contributed by atoms with Gasteiger partial charge in [-0.1, -0.05) is 60.4 Å². The van der Waals surface area contributed by atoms with E-state index in [2.05, 4.69) is 10.3 Å². The van der Waals surface area contributed by atoms with Crippen molar-refractivity contribution in [2.24, 2.45) is 0 Å². The molecule has 1 amide bonds. The summed E-state index contributed by atoms with van der Waals surface area (Å²) in [5.74, 6) is 0.250. The molecule has 0 bridgehead atoms. The number of anilines is 1. The number of thioether (sulfide) groups is 1. The summed E-state index contributed by atoms with van der Waals surface area (Å²) in [5.41, 5.74) is 2.61. The van der Waals surface area contributed by atoms with Gasteiger partial charge in [0.1, 0.15) is 15.8 Å². The Morgan fingerprint density at radius 3 is 2.65 bits per heavy atom. The van der Waals surface area contributed by atoms with Crippen LogP contribution in [0.25, 0.3) is 11.7 Å². The van der Waals surface area contributed by atoms with Crippen LogP contribution in [0.5, 0.6) is 0 Å². The van der Waals surface area contributed by atoms with Gasteiger partial charge in [-0.25, -0.2) is 4.98 Å². The van der Waals surface area contributed by atoms with Crippen molar-refractivity contribution >= 4 is 51.7 Å². The Hall–Kier alpha value is -2.97. The Morgan fingerprint density at radius 1 is 1.19 bits per heavy atom. The number of carbonyl (C=O) groups is 1. The first kappa shape index (κ1) is 21.3. The highest BCUT2D eigenvalue weighted by atomic mass is 32.2. The number of nitrogens with zero attached hydrogens (tertiary/aromatic N) is 3. The number of benzene rings is 1. The maximum atomic E-state index is 13.3. The number of hydrogen-bond donors (Lipinski definition) is 1. The van der Waals surface area contributed by atoms with E-state index in [0.717, 1.165) is 11.1 Å². The molecule has 3 aromatic rings. The topological polar surface area (TPSA) is 66.7 Å². The lowest BCUT2D eigenvalue weighted by Crippen LogP contribution is -2.31. The molecule has 0 radical (unpaired) electrons. The first-order valence-electron chi connectivity index (χ1n) is 9.99. The quantitative estimate of drug-likeness (QED) is 0.459. The van der Waals surface area contributed by atoms with Crippen molar-refractivity contribution in [1.82, 2.24) is 14.3 Å². The van der Waals surface area contributed by atoms with Gasteiger partial charge in [-0.05, 0) is 44.0 Å². The van der Waals surface area contributed by atoms with Gasteiger partial charge < -0.3 is 5.32 Å². The molecule has 6 nitrogen and oxygen atoms in total. The van der Waals surface area contributed by atoms with Gasteiger partial charge in [-0.3, -0.25) is 18.9 Å². The first-order chi connectivity index (χ1) is 14.9. The predicted octanol–water partition coefficient (Wildman–Crippen LogP) is 4.40. The van der Waals surface area contributed by atoms with Gasteiger partial charge in [-0.15, -0.1) is 0 Å². The van der Waals surface area contributed by atoms with Gasteiger partial charge in [0.15, 0.2) is 0 Å². The molecule has 1 aromatic carbocycles. The fraction of sp³-hybridized carbons (Fsp3) is 0.217. The number of amides is 1. The van der Waals surface area contributed by atoms with Crippen LogP contribution in [0.2, 0.25) is 0 Å². The monoisotopic (exact) mass is 450 g/mol. The van der Waals surface area contributed by atoms with E-state index >= 15 is 0 Å². The van der Waals surface area contributed by atoms with Crippen LogP contribution in [-0.2, 0) is 4.79 Å². The van der Waals surface area contributed by atoms with Crippen molar-refractivity contribution in [2.75, 3.05) is 11.9 Å². The van der Waals surface area contributed by atoms with Crippen molar-refractivity contribution in [1.29, 1.82) is 0 Å². The zero-order chi connectivity index (χ0) is 22.1. The summed E-state index contributed by atoms with van der Waals surface area (Å²) in [6.45, 7) is 6.40. The summed E-state index contributed by atoms with van der Waals surface area (Å²) in [6.07, 6.45) is 3.36. The molecule has 3 heterocycles. The van der Waals surface area contributed by atoms with Gasteiger partial charge in [0.25, 0.3) is 11.5 Å². The largest absolute Gasteiger partial charge is 0.370 e. The number of fused-ring (bicyclic) bond motifs is 1. The number of thiocarbonyl (C=S) groups is 1. The van der Waals surface area contributed by atoms with Crippen molar-refractivity contribution in [3.8, 4) is 0 Å². The molecule has 158 valence electrons. The Bertz CT molecular complexity index is 1270. The minimum atomic E-state index is -0.231. The summed E-state index contributed by atoms with van der Waals surface area (Å²) in [6, 6.07) is 13.3. The summed E-state index contributed by atoms with van der Waals surface area (Å²) in [4.78, 5) is 33.1. The third-order valence-corrected chi connectivity index (χ3v) is 6.45. The highest BCUT2D eigenvalue weighted by Crippen LogP contribution is 2.38. The average molecular weight is 451 g/mol. The molecule has 8 heteroatoms. The van der Waals surface area contributed by atoms with E-state index in [4.69, 9.17) is 12.2 Å². The molecule has 1 aliphatic heterocycles. The van der Waals surface area contributed by atoms with Gasteiger partial charge in [0, 0.05) is 12.7 Å². The number of pyridine rings is 1. The smallest absolute Gasteiger partial charge is 0.267 e. The predicted molar refractivity (Wildman–Crippen MR) is 130 cm³/mol. The normalized spacial score (nSPS) is 16.4. The zero-order valence-electron chi connectivity index (χ0n) is 17.5. The molecule has 1 N–H and O–H groups in total. The number of aromatic nitrogens is 2. The maximum Gasteiger partial charge on any atom is 0.267 e. The van der Waals surface area contributed by atoms with Crippen LogP contribution in [0, 0.1) is 6.92 Å². The van der Waals surface area contributed by atoms with E-state index in [1.54, 1.807) is 17.2 Å². The fourth-order valence-electron chi connectivity index (χ4n) is 3.52. The molecule has 1 fully saturated rings. The standard InChI is InChI=1S/C23H22N4O2S2/c1-4-24-20-17(21(28)26-13-14(2)10-11-19(26)25-20)12-18-22(29)27(23(30)31-18)15(3)16-8-6-5-7-9-16/h5-13,15,24H,4H2,1-3H3. The van der Waals surface area contributed by atoms with Crippen molar-refractivity contribution in [2.45, 2.75) is 26.8 Å². The third-order valence-electron chi connectivity index (χ3n) is 5.12. The second-order valence-corrected chi connectivity index (χ2v) is 8.96. The summed E-state index contributed by atoms with van der Waals surface area (Å²) >= 11 is 6.72. The summed E-state index contributed by atoms with van der Waals surface area (Å²) < 4.78 is 1.98. The van der Waals surface area contributed by atoms with Crippen LogP contribution in [0.3, 0.4) is 0 Å². The Labute approximate surface area is 190 Å². The first-order valence-corrected chi connectivity index (χ1v) is 11.2. The molecule has 0 spiro atoms. The molecule has 0 aliphatic carbocycles. The van der Waals surface area contributed by atoms with Crippen LogP contribution in [0.4, 0.5) is 5.82 Å². The fourth-order valence-corrected chi connectivity index (χ4v) is 4.92. The third kappa shape index (κ3) is 4.00. The van der Waals surface area contributed by atoms with Crippen molar-refractivity contribution < 1.29 is 4.79 Å². The number of aryl methyl sites for hydroxylation is 1. The molecule has 31 heavy (non-hydrogen) atoms. The second kappa shape index (κ2) is 8.64. The van der Waals surface area contributed by atoms with E-state index in [1.807, 2.05) is 63.2 Å². The molecular weight excluding hydrogens is 428 g/mol. The highest BCUT2D eigenvalue weighted by molar-refractivity contribution is 8.26. The van der Waals surface area contributed by atoms with E-state index < -0.39 is 0 Å². The van der Waals surface area contributed by atoms with Crippen LogP contribution in [0.1, 0.15) is 36.6 Å². The number of nitrogens with one attached hydrogen (secondary N) is 1. The molecule has 1 saturated heterocycles. The van der Waals surface area contributed by atoms with Crippen LogP contribution >= 0.6 is 24.0 Å². The molecule has 2 aromatic heterocycles. The zero-order valence-corrected chi connectivity index (χ0v) is 19.1. The Balaban J connectivity index is 1.78. The number of rotatable bonds is 5. The SMILES string of the molecule is CCNc1nc2ccc(C)cn2c(=O)c1C=C1SC(=S)N(C(C)c2ccccc2)C1=O. The van der Waals surface area contributed by atoms with Crippen molar-refractivity contribution in [3.63, 3.8) is 0 Å². The van der Waals surface area contributed by atoms with Gasteiger partial charge in [0.2, 0.25) is 0 Å². The van der Waals surface area contributed by atoms with Gasteiger partial charge >= 0.3 is 0 Å². The Morgan fingerprint density at radius 2 is 1.94 bits per heavy atom. The van der Waals surface area contributed by atoms with Crippen molar-refractivity contribution in [3.05, 3.63) is 80.6 Å². The maximum absolute atomic E-state index is 13.3. The van der Waals surface area contributed by atoms with Crippen LogP contribution < -0.4 is 10.9 Å². The average Bonchev–Trinajstić information content (AvgIpc) is 3.04. The Kier molecular flexibility index (Phi) is 5.93. The highest BCUT2D eigenvalue weighted by Gasteiger charge is 2.36. The van der Waals surface area contributed by atoms with E-state index in [1.165, 1.54) is 16.2 Å². The van der Waals surface area contributed by atoms with Gasteiger partial charge in [-0.2, -0.15) is 0 Å². The minimum Gasteiger partial charge on any atom is -0.370 e. The van der Waals surface area contributed by atoms with E-state index in [9.17, 15) is 9.59 Å². The molecule has 1 unspecified atom stereocenters. The molecular formula is C23H22N4O2S2. The second-order valence-electron chi connectivity index (χ2n) is 7.28. The lowest BCUT2D eigenvalue weighted by Gasteiger charge is -2.23. The van der Waals surface area contributed by atoms with Crippen LogP contribution in [-0.4, -0.2) is 31.1 Å². The van der Waals surface area contributed by atoms with Gasteiger partial charge in [0.05, 0.1) is 16.5 Å². The van der Waals surface area contributed by atoms with E-state index in [0.29, 0.717) is 32.8 Å². The summed E-state index contributed by atoms with van der Waals surface area (Å²) in [5, 5.41) is 3.15. The molecule has 0 saturated carbocycles. The van der Waals surface area contributed by atoms with Crippen LogP contribution in [0.15, 0.2) is 58.4 Å². The lowest BCUT2D eigenvalue weighted by atomic mass is 10.1. The minimum absolute atomic E-state index is 0.202. The number of hydrogen-bond acceptors (Lipinski definition) is 6. The molecule has 1 aliphatic rings. The summed E-state index contributed by atoms with van der Waals surface area (Å²) in [7, 11) is 0. The molecule has 1 atom stereocenters. The van der Waals surface area contributed by atoms with E-state index in [-0.39, 0.29) is 17.5 Å². The number of carbonyl (C=O) groups excluding carboxylic acids is 1. The molecule has 4 rings (SSSR count). The lowest BCUT2D eigenvalue weighted by molar-refractivity contribution is -0.123.